The van der Waals surface area contributed by atoms with Crippen LogP contribution < -0.4 is 0 Å². The number of aromatic nitrogens is 10. The van der Waals surface area contributed by atoms with Crippen LogP contribution in [0.25, 0.3) is 22.4 Å². The molecule has 4 aliphatic rings. The van der Waals surface area contributed by atoms with E-state index in [1.165, 1.54) is 32.1 Å². The number of rotatable bonds is 4. The van der Waals surface area contributed by atoms with Crippen LogP contribution in [-0.4, -0.2) is 49.6 Å². The van der Waals surface area contributed by atoms with E-state index in [9.17, 15) is 0 Å². The number of benzene rings is 1. The highest BCUT2D eigenvalue weighted by atomic mass is 15.6. The predicted octanol–water partition coefficient (Wildman–Crippen LogP) is 2.99. The molecule has 4 bridgehead atoms. The van der Waals surface area contributed by atoms with Crippen molar-refractivity contribution in [2.24, 2.45) is 17.3 Å². The van der Waals surface area contributed by atoms with Crippen molar-refractivity contribution in [3.05, 3.63) is 55.0 Å². The zero-order valence-corrected chi connectivity index (χ0v) is 18.7. The van der Waals surface area contributed by atoms with Crippen molar-refractivity contribution < 1.29 is 0 Å². The Morgan fingerprint density at radius 2 is 1.82 bits per heavy atom. The lowest BCUT2D eigenvalue weighted by molar-refractivity contribution is -0.112. The smallest absolute Gasteiger partial charge is 0.170 e. The highest BCUT2D eigenvalue weighted by molar-refractivity contribution is 5.89. The summed E-state index contributed by atoms with van der Waals surface area (Å²) in [4.78, 5) is 11.6. The van der Waals surface area contributed by atoms with Crippen LogP contribution in [0.2, 0.25) is 0 Å². The molecule has 34 heavy (non-hydrogen) atoms. The van der Waals surface area contributed by atoms with Gasteiger partial charge in [0.25, 0.3) is 0 Å². The van der Waals surface area contributed by atoms with Gasteiger partial charge in [-0.1, -0.05) is 18.2 Å². The molecular weight excluding hydrogens is 428 g/mol. The van der Waals surface area contributed by atoms with Crippen LogP contribution in [0.3, 0.4) is 0 Å². The van der Waals surface area contributed by atoms with Crippen molar-refractivity contribution in [3.8, 4) is 5.69 Å². The molecule has 0 aliphatic heterocycles. The van der Waals surface area contributed by atoms with Crippen LogP contribution in [0.4, 0.5) is 0 Å². The maximum absolute atomic E-state index is 5.02. The van der Waals surface area contributed by atoms with Gasteiger partial charge in [0.15, 0.2) is 23.4 Å². The van der Waals surface area contributed by atoms with E-state index in [-0.39, 0.29) is 11.0 Å². The molecule has 5 aromatic rings. The van der Waals surface area contributed by atoms with Gasteiger partial charge in [0.05, 0.1) is 22.8 Å². The zero-order chi connectivity index (χ0) is 22.3. The monoisotopic (exact) mass is 452 g/mol. The van der Waals surface area contributed by atoms with Crippen LogP contribution >= 0.6 is 0 Å². The third kappa shape index (κ3) is 2.59. The summed E-state index contributed by atoms with van der Waals surface area (Å²) < 4.78 is 3.67. The van der Waals surface area contributed by atoms with Gasteiger partial charge in [0.2, 0.25) is 0 Å². The van der Waals surface area contributed by atoms with Gasteiger partial charge < -0.3 is 0 Å². The molecule has 0 spiro atoms. The molecule has 4 aliphatic carbocycles. The van der Waals surface area contributed by atoms with Crippen molar-refractivity contribution in [3.63, 3.8) is 0 Å². The fourth-order valence-corrected chi connectivity index (χ4v) is 7.76. The maximum atomic E-state index is 5.02. The van der Waals surface area contributed by atoms with E-state index < -0.39 is 0 Å². The molecule has 0 radical (unpaired) electrons. The van der Waals surface area contributed by atoms with Crippen LogP contribution in [-0.2, 0) is 12.0 Å². The number of fused-ring (bicyclic) bond motifs is 3. The van der Waals surface area contributed by atoms with Gasteiger partial charge in [0, 0.05) is 6.42 Å². The molecule has 4 aromatic heterocycles. The van der Waals surface area contributed by atoms with Crippen LogP contribution in [0, 0.1) is 17.3 Å². The number of tetrazole rings is 1. The molecule has 170 valence electrons. The van der Waals surface area contributed by atoms with Gasteiger partial charge in [-0.2, -0.15) is 9.90 Å². The van der Waals surface area contributed by atoms with E-state index in [1.54, 1.807) is 12.7 Å². The first-order valence-corrected chi connectivity index (χ1v) is 12.1. The van der Waals surface area contributed by atoms with E-state index in [4.69, 9.17) is 10.1 Å². The molecule has 10 nitrogen and oxygen atoms in total. The summed E-state index contributed by atoms with van der Waals surface area (Å²) in [6.45, 7) is 0. The molecule has 0 unspecified atom stereocenters. The normalized spacial score (nSPS) is 30.0. The standard InChI is InChI=1S/C24H24N10/c1-2-4-18(5-3-1)33-21-19(12-27-33)22-29-20(30-32(22)15-25-21)11-23-7-16-6-17(8-23)10-24(9-16,13-23)34-28-14-26-31-34/h1-5,12,14-17H,6-11,13H2/t16-,17-,23?,24?/m0/s1. The van der Waals surface area contributed by atoms with Gasteiger partial charge >= 0.3 is 0 Å². The van der Waals surface area contributed by atoms with E-state index in [2.05, 4.69) is 25.5 Å². The second-order valence-corrected chi connectivity index (χ2v) is 10.8. The van der Waals surface area contributed by atoms with E-state index in [0.717, 1.165) is 52.9 Å². The topological polar surface area (TPSA) is 105 Å². The quantitative estimate of drug-likeness (QED) is 0.413. The minimum Gasteiger partial charge on any atom is -0.216 e. The van der Waals surface area contributed by atoms with Crippen LogP contribution in [0.15, 0.2) is 49.2 Å². The molecule has 0 amide bonds. The number of hydrogen-bond donors (Lipinski definition) is 0. The fraction of sp³-hybridized carbons (Fsp3) is 0.458. The second-order valence-electron chi connectivity index (χ2n) is 10.8. The molecular formula is C24H24N10. The molecule has 10 heteroatoms. The summed E-state index contributed by atoms with van der Waals surface area (Å²) in [6.07, 6.45) is 13.3. The Kier molecular flexibility index (Phi) is 3.55. The van der Waals surface area contributed by atoms with Gasteiger partial charge in [0.1, 0.15) is 6.33 Å². The highest BCUT2D eigenvalue weighted by Crippen LogP contribution is 2.64. The predicted molar refractivity (Wildman–Crippen MR) is 122 cm³/mol. The Hall–Kier alpha value is -3.69. The average molecular weight is 453 g/mol. The lowest BCUT2D eigenvalue weighted by atomic mass is 9.46. The lowest BCUT2D eigenvalue weighted by Gasteiger charge is -2.61. The average Bonchev–Trinajstić information content (AvgIpc) is 3.57. The molecule has 0 saturated heterocycles. The number of hydrogen-bond acceptors (Lipinski definition) is 7. The fourth-order valence-electron chi connectivity index (χ4n) is 7.76. The summed E-state index contributed by atoms with van der Waals surface area (Å²) >= 11 is 0. The summed E-state index contributed by atoms with van der Waals surface area (Å²) in [5.41, 5.74) is 2.80. The maximum Gasteiger partial charge on any atom is 0.170 e. The largest absolute Gasteiger partial charge is 0.216 e. The van der Waals surface area contributed by atoms with E-state index in [1.807, 2.05) is 50.5 Å². The van der Waals surface area contributed by atoms with Crippen molar-refractivity contribution >= 4 is 16.7 Å². The Morgan fingerprint density at radius 3 is 2.62 bits per heavy atom. The molecule has 2 atom stereocenters. The first-order chi connectivity index (χ1) is 16.7. The summed E-state index contributed by atoms with van der Waals surface area (Å²) in [5.74, 6) is 2.34. The van der Waals surface area contributed by atoms with Gasteiger partial charge in [-0.15, -0.1) is 15.3 Å². The highest BCUT2D eigenvalue weighted by Gasteiger charge is 2.59. The summed E-state index contributed by atoms with van der Waals surface area (Å²) in [5, 5.41) is 23.2. The Labute approximate surface area is 195 Å². The van der Waals surface area contributed by atoms with Crippen molar-refractivity contribution in [2.75, 3.05) is 0 Å². The van der Waals surface area contributed by atoms with E-state index in [0.29, 0.717) is 0 Å². The minimum atomic E-state index is 0.00534. The van der Waals surface area contributed by atoms with Gasteiger partial charge in [-0.3, -0.25) is 0 Å². The van der Waals surface area contributed by atoms with Gasteiger partial charge in [-0.25, -0.2) is 19.2 Å². The number of para-hydroxylation sites is 1. The third-order valence-electron chi connectivity index (χ3n) is 8.41. The molecule has 0 N–H and O–H groups in total. The van der Waals surface area contributed by atoms with Crippen molar-refractivity contribution in [1.82, 2.24) is 49.6 Å². The molecule has 9 rings (SSSR count). The van der Waals surface area contributed by atoms with E-state index >= 15 is 0 Å². The lowest BCUT2D eigenvalue weighted by Crippen LogP contribution is -2.57. The van der Waals surface area contributed by atoms with Crippen LogP contribution in [0.1, 0.15) is 44.3 Å². The number of nitrogens with zero attached hydrogens (tertiary/aromatic N) is 10. The van der Waals surface area contributed by atoms with Crippen molar-refractivity contribution in [1.29, 1.82) is 0 Å². The van der Waals surface area contributed by atoms with Crippen molar-refractivity contribution in [2.45, 2.75) is 50.5 Å². The Bertz CT molecular complexity index is 1500. The summed E-state index contributed by atoms with van der Waals surface area (Å²) in [6, 6.07) is 10.1. The summed E-state index contributed by atoms with van der Waals surface area (Å²) in [7, 11) is 0. The van der Waals surface area contributed by atoms with Crippen LogP contribution in [0.5, 0.6) is 0 Å². The molecule has 4 fully saturated rings. The zero-order valence-electron chi connectivity index (χ0n) is 18.7. The third-order valence-corrected chi connectivity index (χ3v) is 8.41. The first-order valence-electron chi connectivity index (χ1n) is 12.1. The molecule has 4 heterocycles. The SMILES string of the molecule is c1ccc(-n2ncc3c2ncn2nc(CC45C[C@@H]6C[C@@H](C4)CC(n4ncnn4)(C6)C5)nc32)cc1. The second kappa shape index (κ2) is 6.46. The van der Waals surface area contributed by atoms with Gasteiger partial charge in [-0.05, 0) is 73.1 Å². The first kappa shape index (κ1) is 18.7. The Balaban J connectivity index is 1.18. The molecule has 1 aromatic carbocycles. The Morgan fingerprint density at radius 1 is 0.971 bits per heavy atom. The minimum absolute atomic E-state index is 0.00534. The molecule has 4 saturated carbocycles.